The number of hydrogen-bond acceptors (Lipinski definition) is 4. The van der Waals surface area contributed by atoms with Crippen molar-refractivity contribution in [1.29, 1.82) is 0 Å². The van der Waals surface area contributed by atoms with E-state index in [0.717, 1.165) is 0 Å². The van der Waals surface area contributed by atoms with Crippen molar-refractivity contribution in [2.75, 3.05) is 5.32 Å². The number of carbonyl (C=O) groups is 1. The van der Waals surface area contributed by atoms with E-state index >= 15 is 0 Å². The number of pyridine rings is 1. The van der Waals surface area contributed by atoms with Crippen molar-refractivity contribution in [2.45, 2.75) is 38.9 Å². The summed E-state index contributed by atoms with van der Waals surface area (Å²) < 4.78 is 11.7. The van der Waals surface area contributed by atoms with Crippen LogP contribution >= 0.6 is 0 Å². The maximum absolute atomic E-state index is 10.6. The Morgan fingerprint density at radius 2 is 1.84 bits per heavy atom. The lowest BCUT2D eigenvalue weighted by Gasteiger charge is -2.32. The second-order valence-electron chi connectivity index (χ2n) is 5.53. The molecule has 0 bridgehead atoms. The molecule has 19 heavy (non-hydrogen) atoms. The molecule has 1 aromatic heterocycles. The van der Waals surface area contributed by atoms with E-state index in [1.54, 1.807) is 12.3 Å². The fraction of sp³-hybridized carbons (Fsp3) is 0.500. The van der Waals surface area contributed by atoms with Gasteiger partial charge in [-0.2, -0.15) is 0 Å². The standard InChI is InChI=1S/C12H17BN2O4/c1-11(2)12(3,4)19-13(18-11)8-5-9(7-14-6-8)15-10(16)17/h5-7,15H,1-4H3,(H,16,17). The summed E-state index contributed by atoms with van der Waals surface area (Å²) in [4.78, 5) is 14.6. The fourth-order valence-electron chi connectivity index (χ4n) is 1.76. The first kappa shape index (κ1) is 13.8. The normalized spacial score (nSPS) is 20.3. The van der Waals surface area contributed by atoms with E-state index in [2.05, 4.69) is 10.3 Å². The maximum atomic E-state index is 10.6. The molecule has 2 rings (SSSR count). The van der Waals surface area contributed by atoms with Gasteiger partial charge in [0, 0.05) is 11.7 Å². The van der Waals surface area contributed by atoms with Gasteiger partial charge in [0.05, 0.1) is 23.1 Å². The van der Waals surface area contributed by atoms with E-state index in [1.807, 2.05) is 27.7 Å². The zero-order valence-electron chi connectivity index (χ0n) is 11.4. The van der Waals surface area contributed by atoms with Gasteiger partial charge in [-0.1, -0.05) is 0 Å². The second-order valence-corrected chi connectivity index (χ2v) is 5.53. The van der Waals surface area contributed by atoms with Crippen LogP contribution in [0.15, 0.2) is 18.5 Å². The van der Waals surface area contributed by atoms with E-state index in [9.17, 15) is 4.79 Å². The summed E-state index contributed by atoms with van der Waals surface area (Å²) in [6.07, 6.45) is 1.91. The number of nitrogens with zero attached hydrogens (tertiary/aromatic N) is 1. The maximum Gasteiger partial charge on any atom is 0.496 e. The average molecular weight is 264 g/mol. The molecule has 0 radical (unpaired) electrons. The Morgan fingerprint density at radius 3 is 2.37 bits per heavy atom. The molecule has 0 aromatic carbocycles. The zero-order valence-corrected chi connectivity index (χ0v) is 11.4. The van der Waals surface area contributed by atoms with E-state index in [-0.39, 0.29) is 0 Å². The first-order chi connectivity index (χ1) is 8.71. The summed E-state index contributed by atoms with van der Waals surface area (Å²) in [5.74, 6) is 0. The Kier molecular flexibility index (Phi) is 3.28. The lowest BCUT2D eigenvalue weighted by atomic mass is 9.80. The summed E-state index contributed by atoms with van der Waals surface area (Å²) >= 11 is 0. The molecular weight excluding hydrogens is 247 g/mol. The van der Waals surface area contributed by atoms with Crippen molar-refractivity contribution in [3.63, 3.8) is 0 Å². The lowest BCUT2D eigenvalue weighted by molar-refractivity contribution is 0.00578. The monoisotopic (exact) mass is 264 g/mol. The molecule has 1 amide bonds. The molecule has 6 nitrogen and oxygen atoms in total. The quantitative estimate of drug-likeness (QED) is 0.790. The molecule has 1 saturated heterocycles. The van der Waals surface area contributed by atoms with Crippen LogP contribution in [0, 0.1) is 0 Å². The first-order valence-electron chi connectivity index (χ1n) is 6.02. The third-order valence-electron chi connectivity index (χ3n) is 3.54. The van der Waals surface area contributed by atoms with Crippen molar-refractivity contribution in [3.8, 4) is 0 Å². The minimum Gasteiger partial charge on any atom is -0.465 e. The van der Waals surface area contributed by atoms with Crippen LogP contribution in [0.3, 0.4) is 0 Å². The fourth-order valence-corrected chi connectivity index (χ4v) is 1.76. The molecule has 1 aromatic rings. The smallest absolute Gasteiger partial charge is 0.465 e. The van der Waals surface area contributed by atoms with Gasteiger partial charge in [0.1, 0.15) is 0 Å². The highest BCUT2D eigenvalue weighted by Crippen LogP contribution is 2.36. The van der Waals surface area contributed by atoms with Gasteiger partial charge in [-0.3, -0.25) is 10.3 Å². The average Bonchev–Trinajstić information content (AvgIpc) is 2.47. The molecule has 0 unspecified atom stereocenters. The van der Waals surface area contributed by atoms with Crippen molar-refractivity contribution < 1.29 is 19.2 Å². The van der Waals surface area contributed by atoms with Crippen molar-refractivity contribution in [2.24, 2.45) is 0 Å². The number of rotatable bonds is 2. The summed E-state index contributed by atoms with van der Waals surface area (Å²) in [6, 6.07) is 1.66. The number of carboxylic acid groups (broad SMARTS) is 1. The highest BCUT2D eigenvalue weighted by atomic mass is 16.7. The number of anilines is 1. The van der Waals surface area contributed by atoms with Gasteiger partial charge in [0.2, 0.25) is 0 Å². The van der Waals surface area contributed by atoms with Crippen molar-refractivity contribution >= 4 is 24.4 Å². The van der Waals surface area contributed by atoms with Gasteiger partial charge >= 0.3 is 13.2 Å². The third-order valence-corrected chi connectivity index (χ3v) is 3.54. The van der Waals surface area contributed by atoms with Crippen LogP contribution < -0.4 is 10.8 Å². The van der Waals surface area contributed by atoms with E-state index in [4.69, 9.17) is 14.4 Å². The topological polar surface area (TPSA) is 80.7 Å². The predicted molar refractivity (Wildman–Crippen MR) is 71.6 cm³/mol. The highest BCUT2D eigenvalue weighted by Gasteiger charge is 2.51. The molecule has 7 heteroatoms. The van der Waals surface area contributed by atoms with E-state index < -0.39 is 24.4 Å². The van der Waals surface area contributed by atoms with E-state index in [0.29, 0.717) is 11.2 Å². The summed E-state index contributed by atoms with van der Waals surface area (Å²) in [5, 5.41) is 10.9. The highest BCUT2D eigenvalue weighted by molar-refractivity contribution is 6.62. The van der Waals surface area contributed by atoms with E-state index in [1.165, 1.54) is 6.20 Å². The van der Waals surface area contributed by atoms with Crippen LogP contribution in [-0.4, -0.2) is 34.5 Å². The largest absolute Gasteiger partial charge is 0.496 e. The minimum absolute atomic E-state index is 0.389. The number of amides is 1. The molecule has 0 saturated carbocycles. The SMILES string of the molecule is CC1(C)OB(c2cncc(NC(=O)O)c2)OC1(C)C. The molecule has 0 spiro atoms. The van der Waals surface area contributed by atoms with Crippen molar-refractivity contribution in [3.05, 3.63) is 18.5 Å². The van der Waals surface area contributed by atoms with Gasteiger partial charge in [-0.05, 0) is 33.8 Å². The Labute approximate surface area is 112 Å². The molecule has 1 fully saturated rings. The van der Waals surface area contributed by atoms with Crippen LogP contribution in [0.2, 0.25) is 0 Å². The van der Waals surface area contributed by atoms with Gasteiger partial charge in [-0.15, -0.1) is 0 Å². The van der Waals surface area contributed by atoms with Gasteiger partial charge in [-0.25, -0.2) is 4.79 Å². The Morgan fingerprint density at radius 1 is 1.26 bits per heavy atom. The summed E-state index contributed by atoms with van der Waals surface area (Å²) in [6.45, 7) is 7.83. The molecule has 2 N–H and O–H groups in total. The molecule has 0 atom stereocenters. The number of nitrogens with one attached hydrogen (secondary N) is 1. The van der Waals surface area contributed by atoms with Crippen molar-refractivity contribution in [1.82, 2.24) is 4.98 Å². The molecule has 2 heterocycles. The molecule has 1 aliphatic rings. The lowest BCUT2D eigenvalue weighted by Crippen LogP contribution is -2.41. The number of hydrogen-bond donors (Lipinski definition) is 2. The molecule has 1 aliphatic heterocycles. The van der Waals surface area contributed by atoms with Gasteiger partial charge < -0.3 is 14.4 Å². The van der Waals surface area contributed by atoms with Crippen LogP contribution in [-0.2, 0) is 9.31 Å². The van der Waals surface area contributed by atoms with Crippen LogP contribution in [0.1, 0.15) is 27.7 Å². The van der Waals surface area contributed by atoms with Crippen LogP contribution in [0.4, 0.5) is 10.5 Å². The minimum atomic E-state index is -1.13. The second kappa shape index (κ2) is 4.50. The number of aromatic nitrogens is 1. The molecular formula is C12H17BN2O4. The van der Waals surface area contributed by atoms with Crippen LogP contribution in [0.25, 0.3) is 0 Å². The zero-order chi connectivity index (χ0) is 14.3. The molecule has 102 valence electrons. The Bertz CT molecular complexity index is 488. The predicted octanol–water partition coefficient (Wildman–Crippen LogP) is 1.47. The summed E-state index contributed by atoms with van der Waals surface area (Å²) in [5.41, 5.74) is 0.200. The van der Waals surface area contributed by atoms with Crippen LogP contribution in [0.5, 0.6) is 0 Å². The van der Waals surface area contributed by atoms with Gasteiger partial charge in [0.25, 0.3) is 0 Å². The van der Waals surface area contributed by atoms with Gasteiger partial charge in [0.15, 0.2) is 0 Å². The first-order valence-corrected chi connectivity index (χ1v) is 6.02. The molecule has 0 aliphatic carbocycles. The Hall–Kier alpha value is -1.60. The summed E-state index contributed by atoms with van der Waals surface area (Å²) in [7, 11) is -0.548. The third kappa shape index (κ3) is 2.72. The Balaban J connectivity index is 2.22.